The Balaban J connectivity index is 2.18. The lowest BCUT2D eigenvalue weighted by Gasteiger charge is -2.44. The van der Waals surface area contributed by atoms with Crippen molar-refractivity contribution in [1.82, 2.24) is 4.90 Å². The van der Waals surface area contributed by atoms with Gasteiger partial charge in [-0.1, -0.05) is 12.2 Å². The highest BCUT2D eigenvalue weighted by Crippen LogP contribution is 2.46. The molecule has 1 aliphatic rings. The number of nitrogens with zero attached hydrogens (tertiary/aromatic N) is 2. The van der Waals surface area contributed by atoms with Crippen molar-refractivity contribution in [3.63, 3.8) is 0 Å². The second-order valence-corrected chi connectivity index (χ2v) is 9.10. The fraction of sp³-hybridized carbons (Fsp3) is 0.444. The third-order valence-electron chi connectivity index (χ3n) is 6.62. The summed E-state index contributed by atoms with van der Waals surface area (Å²) in [5.74, 6) is 0.775. The summed E-state index contributed by atoms with van der Waals surface area (Å²) in [6, 6.07) is 3.76. The summed E-state index contributed by atoms with van der Waals surface area (Å²) < 4.78 is 96.8. The summed E-state index contributed by atoms with van der Waals surface area (Å²) in [5, 5.41) is 0. The lowest BCUT2D eigenvalue weighted by atomic mass is 9.89. The number of alkyl halides is 6. The molecule has 1 amide bonds. The topological polar surface area (TPSA) is 51.2 Å². The molecule has 1 aliphatic heterocycles. The summed E-state index contributed by atoms with van der Waals surface area (Å²) in [6.45, 7) is 3.75. The highest BCUT2D eigenvalue weighted by molar-refractivity contribution is 5.71. The van der Waals surface area contributed by atoms with E-state index in [2.05, 4.69) is 4.90 Å². The number of rotatable bonds is 7. The number of halogens is 6. The van der Waals surface area contributed by atoms with Gasteiger partial charge in [-0.05, 0) is 50.1 Å². The van der Waals surface area contributed by atoms with Crippen LogP contribution in [0.1, 0.15) is 48.6 Å². The van der Waals surface area contributed by atoms with Gasteiger partial charge in [0.15, 0.2) is 11.5 Å². The van der Waals surface area contributed by atoms with E-state index in [1.807, 2.05) is 26.0 Å². The zero-order valence-electron chi connectivity index (χ0n) is 22.1. The molecule has 0 fully saturated rings. The van der Waals surface area contributed by atoms with Crippen LogP contribution in [0.25, 0.3) is 0 Å². The van der Waals surface area contributed by atoms with Crippen molar-refractivity contribution in [3.8, 4) is 11.5 Å². The first-order valence-corrected chi connectivity index (χ1v) is 12.0. The minimum absolute atomic E-state index is 0.0558. The predicted octanol–water partition coefficient (Wildman–Crippen LogP) is 7.23. The number of allylic oxidation sites excluding steroid dienone is 1. The molecule has 0 aliphatic carbocycles. The number of carbonyl (C=O) groups excluding carboxylic acids is 1. The SMILES string of the molecule is CC=CCN1c2cc(OC)c(OC)cc2C(N(Cc2cc(C(F)(F)F)cc(C(F)(F)F)c2)C(=O)OC)CC1C. The Hall–Kier alpha value is -3.57. The van der Waals surface area contributed by atoms with Gasteiger partial charge in [0.2, 0.25) is 0 Å². The Bertz CT molecular complexity index is 1180. The monoisotopic (exact) mass is 560 g/mol. The van der Waals surface area contributed by atoms with Crippen molar-refractivity contribution < 1.29 is 45.3 Å². The minimum atomic E-state index is -5.02. The Morgan fingerprint density at radius 2 is 1.54 bits per heavy atom. The molecular formula is C27H30F6N2O4. The predicted molar refractivity (Wildman–Crippen MR) is 133 cm³/mol. The average molecular weight is 561 g/mol. The van der Waals surface area contributed by atoms with Crippen LogP contribution in [0, 0.1) is 0 Å². The van der Waals surface area contributed by atoms with Crippen LogP contribution < -0.4 is 14.4 Å². The maximum absolute atomic E-state index is 13.5. The Morgan fingerprint density at radius 3 is 2.03 bits per heavy atom. The fourth-order valence-electron chi connectivity index (χ4n) is 4.73. The Labute approximate surface area is 222 Å². The number of fused-ring (bicyclic) bond motifs is 1. The highest BCUT2D eigenvalue weighted by atomic mass is 19.4. The molecule has 0 aromatic heterocycles. The first-order valence-electron chi connectivity index (χ1n) is 12.0. The molecule has 3 rings (SSSR count). The van der Waals surface area contributed by atoms with Gasteiger partial charge in [-0.2, -0.15) is 26.3 Å². The molecule has 0 radical (unpaired) electrons. The number of benzene rings is 2. The standard InChI is InChI=1S/C27H30F6N2O4/c1-6-7-8-34-16(2)9-21(20-13-23(37-3)24(38-4)14-22(20)34)35(25(36)39-5)15-17-10-18(26(28,29)30)12-19(11-17)27(31,32)33/h6-7,10-14,16,21H,8-9,15H2,1-5H3. The van der Waals surface area contributed by atoms with E-state index in [4.69, 9.17) is 14.2 Å². The molecular weight excluding hydrogens is 530 g/mol. The van der Waals surface area contributed by atoms with Crippen molar-refractivity contribution in [2.24, 2.45) is 0 Å². The molecule has 2 aromatic carbocycles. The summed E-state index contributed by atoms with van der Waals surface area (Å²) in [6.07, 6.45) is -6.80. The number of methoxy groups -OCH3 is 3. The normalized spacial score (nSPS) is 17.7. The molecule has 2 unspecified atom stereocenters. The van der Waals surface area contributed by atoms with E-state index in [1.165, 1.54) is 14.2 Å². The molecule has 0 saturated carbocycles. The van der Waals surface area contributed by atoms with E-state index in [0.717, 1.165) is 12.0 Å². The number of hydrogen-bond acceptors (Lipinski definition) is 5. The van der Waals surface area contributed by atoms with Crippen LogP contribution in [0.4, 0.5) is 36.8 Å². The van der Waals surface area contributed by atoms with E-state index >= 15 is 0 Å². The summed E-state index contributed by atoms with van der Waals surface area (Å²) >= 11 is 0. The van der Waals surface area contributed by atoms with Crippen LogP contribution in [-0.4, -0.2) is 44.9 Å². The minimum Gasteiger partial charge on any atom is -0.493 e. The van der Waals surface area contributed by atoms with E-state index in [1.54, 1.807) is 12.1 Å². The second kappa shape index (κ2) is 11.7. The van der Waals surface area contributed by atoms with Gasteiger partial charge in [0.25, 0.3) is 0 Å². The number of anilines is 1. The van der Waals surface area contributed by atoms with Gasteiger partial charge in [-0.25, -0.2) is 4.79 Å². The van der Waals surface area contributed by atoms with Crippen LogP contribution in [0.2, 0.25) is 0 Å². The van der Waals surface area contributed by atoms with Gasteiger partial charge in [-0.3, -0.25) is 4.90 Å². The lowest BCUT2D eigenvalue weighted by molar-refractivity contribution is -0.143. The van der Waals surface area contributed by atoms with Crippen LogP contribution in [0.5, 0.6) is 11.5 Å². The lowest BCUT2D eigenvalue weighted by Crippen LogP contribution is -2.45. The van der Waals surface area contributed by atoms with Crippen molar-refractivity contribution >= 4 is 11.8 Å². The molecule has 0 saturated heterocycles. The van der Waals surface area contributed by atoms with Crippen molar-refractivity contribution in [3.05, 3.63) is 64.7 Å². The van der Waals surface area contributed by atoms with E-state index < -0.39 is 42.2 Å². The van der Waals surface area contributed by atoms with Gasteiger partial charge in [0, 0.05) is 36.4 Å². The number of carbonyl (C=O) groups is 1. The molecule has 2 aromatic rings. The zero-order valence-corrected chi connectivity index (χ0v) is 22.1. The highest BCUT2D eigenvalue weighted by Gasteiger charge is 2.40. The number of hydrogen-bond donors (Lipinski definition) is 0. The van der Waals surface area contributed by atoms with Crippen LogP contribution in [0.15, 0.2) is 42.5 Å². The first kappa shape index (κ1) is 30.0. The summed E-state index contributed by atoms with van der Waals surface area (Å²) in [7, 11) is 4.00. The van der Waals surface area contributed by atoms with Gasteiger partial charge >= 0.3 is 18.4 Å². The maximum Gasteiger partial charge on any atom is 0.416 e. The largest absolute Gasteiger partial charge is 0.493 e. The summed E-state index contributed by atoms with van der Waals surface area (Å²) in [5.41, 5.74) is -1.99. The van der Waals surface area contributed by atoms with Gasteiger partial charge in [-0.15, -0.1) is 0 Å². The van der Waals surface area contributed by atoms with Gasteiger partial charge in [0.1, 0.15) is 0 Å². The Morgan fingerprint density at radius 1 is 0.974 bits per heavy atom. The van der Waals surface area contributed by atoms with E-state index in [9.17, 15) is 31.1 Å². The van der Waals surface area contributed by atoms with Crippen molar-refractivity contribution in [2.45, 2.75) is 51.2 Å². The average Bonchev–Trinajstić information content (AvgIpc) is 2.88. The number of amides is 1. The zero-order chi connectivity index (χ0) is 29.1. The quantitative estimate of drug-likeness (QED) is 0.264. The van der Waals surface area contributed by atoms with Crippen LogP contribution in [0.3, 0.4) is 0 Å². The molecule has 39 heavy (non-hydrogen) atoms. The van der Waals surface area contributed by atoms with E-state index in [0.29, 0.717) is 47.8 Å². The van der Waals surface area contributed by atoms with E-state index in [-0.39, 0.29) is 17.7 Å². The van der Waals surface area contributed by atoms with Crippen LogP contribution in [-0.2, 0) is 23.6 Å². The van der Waals surface area contributed by atoms with Crippen molar-refractivity contribution in [1.29, 1.82) is 0 Å². The molecule has 12 heteroatoms. The third kappa shape index (κ3) is 6.54. The van der Waals surface area contributed by atoms with Crippen LogP contribution >= 0.6 is 0 Å². The number of ether oxygens (including phenoxy) is 3. The summed E-state index contributed by atoms with van der Waals surface area (Å²) in [4.78, 5) is 16.2. The molecule has 6 nitrogen and oxygen atoms in total. The molecule has 214 valence electrons. The second-order valence-electron chi connectivity index (χ2n) is 9.10. The molecule has 0 bridgehead atoms. The molecule has 2 atom stereocenters. The molecule has 1 heterocycles. The fourth-order valence-corrected chi connectivity index (χ4v) is 4.73. The molecule has 0 N–H and O–H groups in total. The Kier molecular flexibility index (Phi) is 8.97. The van der Waals surface area contributed by atoms with Gasteiger partial charge < -0.3 is 19.1 Å². The molecule has 0 spiro atoms. The van der Waals surface area contributed by atoms with Gasteiger partial charge in [0.05, 0.1) is 38.5 Å². The maximum atomic E-state index is 13.5. The van der Waals surface area contributed by atoms with Crippen molar-refractivity contribution in [2.75, 3.05) is 32.8 Å². The third-order valence-corrected chi connectivity index (χ3v) is 6.62. The first-order chi connectivity index (χ1) is 18.2. The smallest absolute Gasteiger partial charge is 0.416 e.